The van der Waals surface area contributed by atoms with Gasteiger partial charge in [0.15, 0.2) is 0 Å². The highest BCUT2D eigenvalue weighted by molar-refractivity contribution is 9.10. The number of amides is 1. The molecule has 0 bridgehead atoms. The number of rotatable bonds is 5. The second-order valence-corrected chi connectivity index (χ2v) is 4.69. The highest BCUT2D eigenvalue weighted by Gasteiger charge is 2.17. The molecular weight excluding hydrogens is 309 g/mol. The van der Waals surface area contributed by atoms with Crippen LogP contribution in [0.15, 0.2) is 22.7 Å². The summed E-state index contributed by atoms with van der Waals surface area (Å²) in [5.74, 6) is -0.306. The molecule has 94 valence electrons. The molecule has 0 heterocycles. The van der Waals surface area contributed by atoms with E-state index in [1.165, 1.54) is 4.90 Å². The predicted octanol–water partition coefficient (Wildman–Crippen LogP) is 1.53. The molecule has 17 heavy (non-hydrogen) atoms. The van der Waals surface area contributed by atoms with Crippen LogP contribution < -0.4 is 0 Å². The van der Waals surface area contributed by atoms with E-state index in [1.807, 2.05) is 0 Å². The number of aliphatic hydroxyl groups is 2. The fraction of sp³-hybridized carbons (Fsp3) is 0.364. The minimum atomic E-state index is -0.306. The summed E-state index contributed by atoms with van der Waals surface area (Å²) in [4.78, 5) is 13.5. The molecule has 0 radical (unpaired) electrons. The number of hydrogen-bond donors (Lipinski definition) is 2. The summed E-state index contributed by atoms with van der Waals surface area (Å²) < 4.78 is 0.748. The maximum absolute atomic E-state index is 12.1. The smallest absolute Gasteiger partial charge is 0.255 e. The first-order chi connectivity index (χ1) is 8.10. The lowest BCUT2D eigenvalue weighted by molar-refractivity contribution is 0.0685. The Hall–Kier alpha value is -0.620. The monoisotopic (exact) mass is 321 g/mol. The van der Waals surface area contributed by atoms with Crippen LogP contribution in [0.4, 0.5) is 0 Å². The number of halogens is 2. The van der Waals surface area contributed by atoms with Gasteiger partial charge in [-0.2, -0.15) is 0 Å². The Morgan fingerprint density at radius 1 is 1.29 bits per heavy atom. The Kier molecular flexibility index (Phi) is 5.91. The van der Waals surface area contributed by atoms with E-state index in [-0.39, 0.29) is 32.2 Å². The second kappa shape index (κ2) is 6.96. The summed E-state index contributed by atoms with van der Waals surface area (Å²) in [6.07, 6.45) is 0. The van der Waals surface area contributed by atoms with Crippen molar-refractivity contribution in [3.05, 3.63) is 33.3 Å². The Morgan fingerprint density at radius 2 is 1.88 bits per heavy atom. The summed E-state index contributed by atoms with van der Waals surface area (Å²) >= 11 is 9.21. The van der Waals surface area contributed by atoms with E-state index in [1.54, 1.807) is 18.2 Å². The molecule has 0 saturated carbocycles. The van der Waals surface area contributed by atoms with Crippen LogP contribution in [0.5, 0.6) is 0 Å². The van der Waals surface area contributed by atoms with Gasteiger partial charge >= 0.3 is 0 Å². The van der Waals surface area contributed by atoms with E-state index in [0.29, 0.717) is 10.6 Å². The van der Waals surface area contributed by atoms with Crippen LogP contribution in [0.3, 0.4) is 0 Å². The van der Waals surface area contributed by atoms with Crippen molar-refractivity contribution in [1.82, 2.24) is 4.90 Å². The van der Waals surface area contributed by atoms with Crippen molar-refractivity contribution in [1.29, 1.82) is 0 Å². The molecule has 0 aliphatic carbocycles. The van der Waals surface area contributed by atoms with Gasteiger partial charge in [-0.05, 0) is 18.2 Å². The van der Waals surface area contributed by atoms with Gasteiger partial charge in [0.05, 0.1) is 23.8 Å². The minimum absolute atomic E-state index is 0.155. The van der Waals surface area contributed by atoms with E-state index < -0.39 is 0 Å². The number of hydrogen-bond acceptors (Lipinski definition) is 3. The lowest BCUT2D eigenvalue weighted by Gasteiger charge is -2.21. The molecule has 1 aromatic rings. The van der Waals surface area contributed by atoms with E-state index in [9.17, 15) is 4.79 Å². The average Bonchev–Trinajstić information content (AvgIpc) is 2.31. The topological polar surface area (TPSA) is 60.8 Å². The molecule has 0 spiro atoms. The highest BCUT2D eigenvalue weighted by Crippen LogP contribution is 2.22. The summed E-state index contributed by atoms with van der Waals surface area (Å²) in [5, 5.41) is 18.1. The first-order valence-corrected chi connectivity index (χ1v) is 6.23. The molecule has 0 saturated heterocycles. The van der Waals surface area contributed by atoms with Crippen LogP contribution in [0, 0.1) is 0 Å². The van der Waals surface area contributed by atoms with Gasteiger partial charge in [-0.1, -0.05) is 27.5 Å². The Balaban J connectivity index is 2.95. The fourth-order valence-electron chi connectivity index (χ4n) is 1.39. The maximum atomic E-state index is 12.1. The van der Waals surface area contributed by atoms with Crippen LogP contribution in [0.25, 0.3) is 0 Å². The molecule has 2 N–H and O–H groups in total. The van der Waals surface area contributed by atoms with E-state index >= 15 is 0 Å². The third-order valence-electron chi connectivity index (χ3n) is 2.19. The minimum Gasteiger partial charge on any atom is -0.395 e. The van der Waals surface area contributed by atoms with Crippen molar-refractivity contribution in [2.45, 2.75) is 0 Å². The second-order valence-electron chi connectivity index (χ2n) is 3.36. The number of nitrogens with zero attached hydrogens (tertiary/aromatic N) is 1. The summed E-state index contributed by atoms with van der Waals surface area (Å²) in [5.41, 5.74) is 0.350. The van der Waals surface area contributed by atoms with Gasteiger partial charge in [0.1, 0.15) is 0 Å². The Morgan fingerprint density at radius 3 is 2.41 bits per heavy atom. The predicted molar refractivity (Wildman–Crippen MR) is 69.2 cm³/mol. The molecular formula is C11H13BrClNO3. The molecule has 0 atom stereocenters. The van der Waals surface area contributed by atoms with Gasteiger partial charge in [0, 0.05) is 17.6 Å². The van der Waals surface area contributed by atoms with Gasteiger partial charge in [-0.3, -0.25) is 4.79 Å². The Labute approximate surface area is 113 Å². The number of benzene rings is 1. The number of carbonyl (C=O) groups excluding carboxylic acids is 1. The quantitative estimate of drug-likeness (QED) is 0.864. The van der Waals surface area contributed by atoms with Crippen LogP contribution in [0.2, 0.25) is 5.02 Å². The van der Waals surface area contributed by atoms with Gasteiger partial charge in [0.2, 0.25) is 0 Å². The zero-order chi connectivity index (χ0) is 12.8. The normalized spacial score (nSPS) is 10.4. The summed E-state index contributed by atoms with van der Waals surface area (Å²) in [6, 6.07) is 4.98. The third kappa shape index (κ3) is 3.96. The zero-order valence-corrected chi connectivity index (χ0v) is 11.4. The first kappa shape index (κ1) is 14.4. The standard InChI is InChI=1S/C11H13BrClNO3/c12-8-1-2-10(13)9(7-8)11(17)14(3-5-15)4-6-16/h1-2,7,15-16H,3-6H2. The van der Waals surface area contributed by atoms with Gasteiger partial charge < -0.3 is 15.1 Å². The van der Waals surface area contributed by atoms with Crippen LogP contribution in [-0.2, 0) is 0 Å². The molecule has 0 aliphatic rings. The largest absolute Gasteiger partial charge is 0.395 e. The first-order valence-electron chi connectivity index (χ1n) is 5.06. The SMILES string of the molecule is O=C(c1cc(Br)ccc1Cl)N(CCO)CCO. The van der Waals surface area contributed by atoms with Crippen molar-refractivity contribution < 1.29 is 15.0 Å². The van der Waals surface area contributed by atoms with Crippen LogP contribution in [0.1, 0.15) is 10.4 Å². The third-order valence-corrected chi connectivity index (χ3v) is 3.01. The number of aliphatic hydroxyl groups excluding tert-OH is 2. The molecule has 6 heteroatoms. The average molecular weight is 323 g/mol. The molecule has 0 aliphatic heterocycles. The van der Waals surface area contributed by atoms with Crippen molar-refractivity contribution in [2.24, 2.45) is 0 Å². The van der Waals surface area contributed by atoms with Crippen molar-refractivity contribution >= 4 is 33.4 Å². The summed E-state index contributed by atoms with van der Waals surface area (Å²) in [6.45, 7) is 0.0270. The maximum Gasteiger partial charge on any atom is 0.255 e. The van der Waals surface area contributed by atoms with Crippen molar-refractivity contribution in [3.63, 3.8) is 0 Å². The molecule has 0 unspecified atom stereocenters. The highest BCUT2D eigenvalue weighted by atomic mass is 79.9. The van der Waals surface area contributed by atoms with Gasteiger partial charge in [0.25, 0.3) is 5.91 Å². The van der Waals surface area contributed by atoms with Gasteiger partial charge in [-0.15, -0.1) is 0 Å². The van der Waals surface area contributed by atoms with Crippen LogP contribution >= 0.6 is 27.5 Å². The van der Waals surface area contributed by atoms with Crippen LogP contribution in [-0.4, -0.2) is 47.3 Å². The van der Waals surface area contributed by atoms with Gasteiger partial charge in [-0.25, -0.2) is 0 Å². The number of carbonyl (C=O) groups is 1. The zero-order valence-electron chi connectivity index (χ0n) is 9.07. The molecule has 1 rings (SSSR count). The van der Waals surface area contributed by atoms with Crippen molar-refractivity contribution in [2.75, 3.05) is 26.3 Å². The Bertz CT molecular complexity index is 394. The lowest BCUT2D eigenvalue weighted by Crippen LogP contribution is -2.36. The van der Waals surface area contributed by atoms with Crippen molar-refractivity contribution in [3.8, 4) is 0 Å². The lowest BCUT2D eigenvalue weighted by atomic mass is 10.2. The molecule has 1 amide bonds. The molecule has 0 aromatic heterocycles. The van der Waals surface area contributed by atoms with E-state index in [0.717, 1.165) is 4.47 Å². The van der Waals surface area contributed by atoms with E-state index in [4.69, 9.17) is 21.8 Å². The summed E-state index contributed by atoms with van der Waals surface area (Å²) in [7, 11) is 0. The fourth-order valence-corrected chi connectivity index (χ4v) is 1.95. The van der Waals surface area contributed by atoms with E-state index in [2.05, 4.69) is 15.9 Å². The molecule has 1 aromatic carbocycles. The molecule has 0 fully saturated rings. The molecule has 4 nitrogen and oxygen atoms in total.